The van der Waals surface area contributed by atoms with Crippen LogP contribution in [0.2, 0.25) is 5.02 Å². The van der Waals surface area contributed by atoms with Crippen LogP contribution in [0.15, 0.2) is 36.8 Å². The maximum Gasteiger partial charge on any atom is 0.148 e. The first-order chi connectivity index (χ1) is 8.48. The van der Waals surface area contributed by atoms with Gasteiger partial charge < -0.3 is 5.32 Å². The van der Waals surface area contributed by atoms with Gasteiger partial charge in [-0.25, -0.2) is 4.98 Å². The molecule has 1 aromatic carbocycles. The number of hydrogen-bond donors (Lipinski definition) is 1. The highest BCUT2D eigenvalue weighted by Crippen LogP contribution is 2.35. The van der Waals surface area contributed by atoms with E-state index in [9.17, 15) is 0 Å². The van der Waals surface area contributed by atoms with Crippen molar-refractivity contribution in [2.45, 2.75) is 26.2 Å². The fraction of sp³-hybridized carbons (Fsp3) is 0.286. The van der Waals surface area contributed by atoms with E-state index in [4.69, 9.17) is 11.6 Å². The lowest BCUT2D eigenvalue weighted by Crippen LogP contribution is -2.12. The van der Waals surface area contributed by atoms with Crippen molar-refractivity contribution >= 4 is 23.1 Å². The monoisotopic (exact) mass is 261 g/mol. The normalized spacial score (nSPS) is 11.3. The van der Waals surface area contributed by atoms with Gasteiger partial charge in [-0.2, -0.15) is 0 Å². The van der Waals surface area contributed by atoms with Gasteiger partial charge in [0.2, 0.25) is 0 Å². The number of halogens is 1. The Kier molecular flexibility index (Phi) is 3.53. The molecule has 0 aliphatic carbocycles. The van der Waals surface area contributed by atoms with Gasteiger partial charge >= 0.3 is 0 Å². The van der Waals surface area contributed by atoms with Crippen molar-refractivity contribution in [3.63, 3.8) is 0 Å². The first kappa shape index (κ1) is 12.8. The molecule has 1 heterocycles. The number of benzene rings is 1. The second-order valence-electron chi connectivity index (χ2n) is 5.13. The fourth-order valence-electron chi connectivity index (χ4n) is 1.71. The average molecular weight is 262 g/mol. The zero-order chi connectivity index (χ0) is 13.2. The maximum atomic E-state index is 6.43. The van der Waals surface area contributed by atoms with E-state index in [1.54, 1.807) is 18.6 Å². The van der Waals surface area contributed by atoms with E-state index in [0.717, 1.165) is 16.3 Å². The zero-order valence-electron chi connectivity index (χ0n) is 10.7. The maximum absolute atomic E-state index is 6.43. The van der Waals surface area contributed by atoms with Crippen LogP contribution in [0.25, 0.3) is 0 Å². The van der Waals surface area contributed by atoms with Gasteiger partial charge in [0.25, 0.3) is 0 Å². The number of aromatic nitrogens is 2. The number of rotatable bonds is 2. The SMILES string of the molecule is CC(C)(C)c1cccc(Nc2cnccn2)c1Cl. The summed E-state index contributed by atoms with van der Waals surface area (Å²) in [6.07, 6.45) is 4.95. The first-order valence-electron chi connectivity index (χ1n) is 5.80. The van der Waals surface area contributed by atoms with Crippen molar-refractivity contribution in [3.05, 3.63) is 47.4 Å². The van der Waals surface area contributed by atoms with Gasteiger partial charge in [-0.15, -0.1) is 0 Å². The van der Waals surface area contributed by atoms with Crippen LogP contribution in [0.4, 0.5) is 11.5 Å². The number of nitrogens with zero attached hydrogens (tertiary/aromatic N) is 2. The van der Waals surface area contributed by atoms with E-state index in [1.165, 1.54) is 0 Å². The molecule has 0 radical (unpaired) electrons. The van der Waals surface area contributed by atoms with E-state index in [1.807, 2.05) is 18.2 Å². The largest absolute Gasteiger partial charge is 0.338 e. The molecule has 0 unspecified atom stereocenters. The van der Waals surface area contributed by atoms with Crippen LogP contribution in [-0.4, -0.2) is 9.97 Å². The lowest BCUT2D eigenvalue weighted by Gasteiger charge is -2.22. The van der Waals surface area contributed by atoms with E-state index >= 15 is 0 Å². The molecular weight excluding hydrogens is 246 g/mol. The molecule has 0 spiro atoms. The molecule has 0 atom stereocenters. The highest BCUT2D eigenvalue weighted by molar-refractivity contribution is 6.34. The smallest absolute Gasteiger partial charge is 0.148 e. The van der Waals surface area contributed by atoms with Gasteiger partial charge in [0.05, 0.1) is 16.9 Å². The van der Waals surface area contributed by atoms with Crippen LogP contribution >= 0.6 is 11.6 Å². The van der Waals surface area contributed by atoms with Crippen molar-refractivity contribution in [3.8, 4) is 0 Å². The Hall–Kier alpha value is -1.61. The van der Waals surface area contributed by atoms with Gasteiger partial charge in [-0.05, 0) is 17.0 Å². The third kappa shape index (κ3) is 2.79. The molecule has 2 rings (SSSR count). The molecule has 94 valence electrons. The minimum atomic E-state index is 0.0111. The first-order valence-corrected chi connectivity index (χ1v) is 6.18. The summed E-state index contributed by atoms with van der Waals surface area (Å²) in [6.45, 7) is 6.42. The summed E-state index contributed by atoms with van der Waals surface area (Å²) in [5.74, 6) is 0.686. The van der Waals surface area contributed by atoms with Crippen LogP contribution in [0.5, 0.6) is 0 Å². The van der Waals surface area contributed by atoms with Gasteiger partial charge in [0, 0.05) is 12.4 Å². The molecule has 0 amide bonds. The van der Waals surface area contributed by atoms with Crippen LogP contribution in [0.3, 0.4) is 0 Å². The molecule has 0 saturated heterocycles. The Morgan fingerprint density at radius 2 is 1.94 bits per heavy atom. The second kappa shape index (κ2) is 4.94. The van der Waals surface area contributed by atoms with Crippen molar-refractivity contribution in [2.75, 3.05) is 5.32 Å². The third-order valence-corrected chi connectivity index (χ3v) is 3.04. The molecule has 2 aromatic rings. The molecule has 1 N–H and O–H groups in total. The molecule has 0 bridgehead atoms. The van der Waals surface area contributed by atoms with Gasteiger partial charge in [0.1, 0.15) is 5.82 Å². The third-order valence-electron chi connectivity index (χ3n) is 2.63. The van der Waals surface area contributed by atoms with Crippen LogP contribution in [0.1, 0.15) is 26.3 Å². The molecule has 3 nitrogen and oxygen atoms in total. The fourth-order valence-corrected chi connectivity index (χ4v) is 2.17. The standard InChI is InChI=1S/C14H16ClN3/c1-14(2,3)10-5-4-6-11(13(10)15)18-12-9-16-7-8-17-12/h4-9H,1-3H3,(H,17,18). The number of hydrogen-bond acceptors (Lipinski definition) is 3. The Morgan fingerprint density at radius 3 is 2.56 bits per heavy atom. The predicted octanol–water partition coefficient (Wildman–Crippen LogP) is 4.17. The van der Waals surface area contributed by atoms with Crippen molar-refractivity contribution in [1.82, 2.24) is 9.97 Å². The topological polar surface area (TPSA) is 37.8 Å². The molecule has 1 aromatic heterocycles. The summed E-state index contributed by atoms with van der Waals surface area (Å²) in [6, 6.07) is 5.97. The summed E-state index contributed by atoms with van der Waals surface area (Å²) in [5.41, 5.74) is 1.97. The van der Waals surface area contributed by atoms with Crippen LogP contribution in [-0.2, 0) is 5.41 Å². The Morgan fingerprint density at radius 1 is 1.17 bits per heavy atom. The predicted molar refractivity (Wildman–Crippen MR) is 75.5 cm³/mol. The van der Waals surface area contributed by atoms with Crippen molar-refractivity contribution in [1.29, 1.82) is 0 Å². The van der Waals surface area contributed by atoms with Crippen LogP contribution < -0.4 is 5.32 Å². The van der Waals surface area contributed by atoms with E-state index in [0.29, 0.717) is 5.82 Å². The van der Waals surface area contributed by atoms with Gasteiger partial charge in [-0.1, -0.05) is 44.5 Å². The molecule has 18 heavy (non-hydrogen) atoms. The summed E-state index contributed by atoms with van der Waals surface area (Å²) in [5, 5.41) is 3.91. The quantitative estimate of drug-likeness (QED) is 0.882. The van der Waals surface area contributed by atoms with E-state index < -0.39 is 0 Å². The summed E-state index contributed by atoms with van der Waals surface area (Å²) < 4.78 is 0. The Bertz CT molecular complexity index is 532. The Balaban J connectivity index is 2.36. The highest BCUT2D eigenvalue weighted by Gasteiger charge is 2.19. The molecule has 0 aliphatic rings. The second-order valence-corrected chi connectivity index (χ2v) is 5.51. The zero-order valence-corrected chi connectivity index (χ0v) is 11.5. The molecule has 0 saturated carbocycles. The minimum absolute atomic E-state index is 0.0111. The van der Waals surface area contributed by atoms with Crippen molar-refractivity contribution in [2.24, 2.45) is 0 Å². The molecular formula is C14H16ClN3. The van der Waals surface area contributed by atoms with Gasteiger partial charge in [0.15, 0.2) is 0 Å². The van der Waals surface area contributed by atoms with E-state index in [-0.39, 0.29) is 5.41 Å². The number of anilines is 2. The van der Waals surface area contributed by atoms with Crippen LogP contribution in [0, 0.1) is 0 Å². The van der Waals surface area contributed by atoms with Gasteiger partial charge in [-0.3, -0.25) is 4.98 Å². The summed E-state index contributed by atoms with van der Waals surface area (Å²) >= 11 is 6.43. The molecule has 4 heteroatoms. The lowest BCUT2D eigenvalue weighted by molar-refractivity contribution is 0.591. The Labute approximate surface area is 112 Å². The lowest BCUT2D eigenvalue weighted by atomic mass is 9.87. The average Bonchev–Trinajstić information content (AvgIpc) is 2.32. The highest BCUT2D eigenvalue weighted by atomic mass is 35.5. The molecule has 0 fully saturated rings. The summed E-state index contributed by atoms with van der Waals surface area (Å²) in [4.78, 5) is 8.19. The van der Waals surface area contributed by atoms with Crippen molar-refractivity contribution < 1.29 is 0 Å². The molecule has 0 aliphatic heterocycles. The number of nitrogens with one attached hydrogen (secondary N) is 1. The minimum Gasteiger partial charge on any atom is -0.338 e. The summed E-state index contributed by atoms with van der Waals surface area (Å²) in [7, 11) is 0. The van der Waals surface area contributed by atoms with E-state index in [2.05, 4.69) is 36.1 Å².